The van der Waals surface area contributed by atoms with Gasteiger partial charge in [-0.3, -0.25) is 0 Å². The highest BCUT2D eigenvalue weighted by molar-refractivity contribution is 5.00. The SMILES string of the molecule is CC1(C)CCC=CC1CCO. The second kappa shape index (κ2) is 3.40. The van der Waals surface area contributed by atoms with Crippen molar-refractivity contribution in [3.8, 4) is 0 Å². The molecule has 1 unspecified atom stereocenters. The molecule has 0 aliphatic heterocycles. The fourth-order valence-electron chi connectivity index (χ4n) is 1.79. The second-order valence-corrected chi connectivity index (χ2v) is 4.07. The van der Waals surface area contributed by atoms with Gasteiger partial charge in [-0.05, 0) is 30.6 Å². The number of aliphatic hydroxyl groups excluding tert-OH is 1. The van der Waals surface area contributed by atoms with Crippen molar-refractivity contribution in [2.45, 2.75) is 33.1 Å². The molecule has 1 heteroatoms. The molecule has 11 heavy (non-hydrogen) atoms. The van der Waals surface area contributed by atoms with Crippen LogP contribution in [-0.2, 0) is 0 Å². The first-order chi connectivity index (χ1) is 5.17. The van der Waals surface area contributed by atoms with Crippen molar-refractivity contribution >= 4 is 0 Å². The Kier molecular flexibility index (Phi) is 2.72. The Labute approximate surface area is 69.1 Å². The van der Waals surface area contributed by atoms with Gasteiger partial charge in [-0.25, -0.2) is 0 Å². The number of allylic oxidation sites excluding steroid dienone is 2. The zero-order valence-corrected chi connectivity index (χ0v) is 7.51. The van der Waals surface area contributed by atoms with E-state index >= 15 is 0 Å². The molecule has 1 aliphatic rings. The van der Waals surface area contributed by atoms with Crippen LogP contribution in [0.3, 0.4) is 0 Å². The predicted octanol–water partition coefficient (Wildman–Crippen LogP) is 2.36. The lowest BCUT2D eigenvalue weighted by Gasteiger charge is -2.34. The molecule has 0 heterocycles. The Morgan fingerprint density at radius 3 is 2.82 bits per heavy atom. The highest BCUT2D eigenvalue weighted by Crippen LogP contribution is 2.38. The summed E-state index contributed by atoms with van der Waals surface area (Å²) in [7, 11) is 0. The van der Waals surface area contributed by atoms with Gasteiger partial charge in [-0.15, -0.1) is 0 Å². The van der Waals surface area contributed by atoms with E-state index in [1.165, 1.54) is 12.8 Å². The van der Waals surface area contributed by atoms with E-state index < -0.39 is 0 Å². The van der Waals surface area contributed by atoms with Gasteiger partial charge in [-0.1, -0.05) is 26.0 Å². The van der Waals surface area contributed by atoms with Crippen molar-refractivity contribution in [1.82, 2.24) is 0 Å². The van der Waals surface area contributed by atoms with E-state index in [9.17, 15) is 0 Å². The van der Waals surface area contributed by atoms with Gasteiger partial charge in [0.05, 0.1) is 0 Å². The van der Waals surface area contributed by atoms with Gasteiger partial charge in [0.1, 0.15) is 0 Å². The van der Waals surface area contributed by atoms with Gasteiger partial charge in [0.15, 0.2) is 0 Å². The molecule has 0 saturated carbocycles. The fourth-order valence-corrected chi connectivity index (χ4v) is 1.79. The highest BCUT2D eigenvalue weighted by atomic mass is 16.3. The van der Waals surface area contributed by atoms with E-state index in [0.29, 0.717) is 17.9 Å². The summed E-state index contributed by atoms with van der Waals surface area (Å²) in [4.78, 5) is 0. The Bertz CT molecular complexity index is 147. The quantitative estimate of drug-likeness (QED) is 0.605. The maximum absolute atomic E-state index is 8.82. The molecule has 0 aromatic heterocycles. The normalized spacial score (nSPS) is 28.8. The van der Waals surface area contributed by atoms with Crippen molar-refractivity contribution in [3.05, 3.63) is 12.2 Å². The largest absolute Gasteiger partial charge is 0.396 e. The Hall–Kier alpha value is -0.300. The molecule has 64 valence electrons. The van der Waals surface area contributed by atoms with Crippen LogP contribution in [0.1, 0.15) is 33.1 Å². The summed E-state index contributed by atoms with van der Waals surface area (Å²) in [5.41, 5.74) is 0.400. The van der Waals surface area contributed by atoms with Crippen LogP contribution in [0, 0.1) is 11.3 Å². The smallest absolute Gasteiger partial charge is 0.0436 e. The van der Waals surface area contributed by atoms with Crippen LogP contribution in [-0.4, -0.2) is 11.7 Å². The first kappa shape index (κ1) is 8.79. The summed E-state index contributed by atoms with van der Waals surface area (Å²) >= 11 is 0. The monoisotopic (exact) mass is 154 g/mol. The van der Waals surface area contributed by atoms with Crippen LogP contribution < -0.4 is 0 Å². The van der Waals surface area contributed by atoms with E-state index in [0.717, 1.165) is 6.42 Å². The summed E-state index contributed by atoms with van der Waals surface area (Å²) in [5.74, 6) is 0.584. The molecule has 0 amide bonds. The lowest BCUT2D eigenvalue weighted by atomic mass is 9.71. The minimum Gasteiger partial charge on any atom is -0.396 e. The van der Waals surface area contributed by atoms with E-state index in [2.05, 4.69) is 26.0 Å². The summed E-state index contributed by atoms with van der Waals surface area (Å²) in [5, 5.41) is 8.82. The van der Waals surface area contributed by atoms with Crippen LogP contribution in [0.4, 0.5) is 0 Å². The van der Waals surface area contributed by atoms with Crippen LogP contribution in [0.15, 0.2) is 12.2 Å². The molecule has 0 bridgehead atoms. The predicted molar refractivity (Wildman–Crippen MR) is 47.3 cm³/mol. The molecule has 1 aliphatic carbocycles. The first-order valence-corrected chi connectivity index (χ1v) is 4.44. The third kappa shape index (κ3) is 2.06. The highest BCUT2D eigenvalue weighted by Gasteiger charge is 2.28. The van der Waals surface area contributed by atoms with Crippen LogP contribution in [0.2, 0.25) is 0 Å². The fraction of sp³-hybridized carbons (Fsp3) is 0.800. The van der Waals surface area contributed by atoms with Crippen LogP contribution >= 0.6 is 0 Å². The van der Waals surface area contributed by atoms with Crippen molar-refractivity contribution in [2.24, 2.45) is 11.3 Å². The molecule has 0 radical (unpaired) electrons. The summed E-state index contributed by atoms with van der Waals surface area (Å²) in [6.45, 7) is 4.89. The minimum atomic E-state index is 0.318. The third-order valence-electron chi connectivity index (χ3n) is 2.77. The van der Waals surface area contributed by atoms with Crippen molar-refractivity contribution in [1.29, 1.82) is 0 Å². The zero-order valence-electron chi connectivity index (χ0n) is 7.51. The topological polar surface area (TPSA) is 20.2 Å². The number of hydrogen-bond acceptors (Lipinski definition) is 1. The summed E-state index contributed by atoms with van der Waals surface area (Å²) in [6, 6.07) is 0. The molecule has 0 spiro atoms. The molecule has 1 rings (SSSR count). The van der Waals surface area contributed by atoms with Crippen molar-refractivity contribution < 1.29 is 5.11 Å². The Morgan fingerprint density at radius 2 is 2.27 bits per heavy atom. The van der Waals surface area contributed by atoms with Crippen LogP contribution in [0.25, 0.3) is 0 Å². The van der Waals surface area contributed by atoms with Gasteiger partial charge < -0.3 is 5.11 Å². The van der Waals surface area contributed by atoms with Crippen LogP contribution in [0.5, 0.6) is 0 Å². The number of aliphatic hydroxyl groups is 1. The van der Waals surface area contributed by atoms with E-state index in [1.807, 2.05) is 0 Å². The first-order valence-electron chi connectivity index (χ1n) is 4.44. The number of rotatable bonds is 2. The van der Waals surface area contributed by atoms with E-state index in [-0.39, 0.29) is 0 Å². The second-order valence-electron chi connectivity index (χ2n) is 4.07. The average Bonchev–Trinajstić information content (AvgIpc) is 1.94. The Balaban J connectivity index is 2.58. The molecule has 0 saturated heterocycles. The van der Waals surface area contributed by atoms with E-state index in [1.54, 1.807) is 0 Å². The van der Waals surface area contributed by atoms with Gasteiger partial charge in [0.2, 0.25) is 0 Å². The lowest BCUT2D eigenvalue weighted by molar-refractivity contribution is 0.175. The average molecular weight is 154 g/mol. The molecule has 1 N–H and O–H groups in total. The summed E-state index contributed by atoms with van der Waals surface area (Å²) < 4.78 is 0. The Morgan fingerprint density at radius 1 is 1.55 bits per heavy atom. The van der Waals surface area contributed by atoms with Gasteiger partial charge in [-0.2, -0.15) is 0 Å². The van der Waals surface area contributed by atoms with Gasteiger partial charge in [0.25, 0.3) is 0 Å². The maximum Gasteiger partial charge on any atom is 0.0436 e. The standard InChI is InChI=1S/C10H18O/c1-10(2)7-4-3-5-9(10)6-8-11/h3,5,9,11H,4,6-8H2,1-2H3. The molecule has 0 fully saturated rings. The van der Waals surface area contributed by atoms with Crippen molar-refractivity contribution in [3.63, 3.8) is 0 Å². The number of hydrogen-bond donors (Lipinski definition) is 1. The van der Waals surface area contributed by atoms with Crippen molar-refractivity contribution in [2.75, 3.05) is 6.61 Å². The lowest BCUT2D eigenvalue weighted by Crippen LogP contribution is -2.25. The van der Waals surface area contributed by atoms with Gasteiger partial charge >= 0.3 is 0 Å². The summed E-state index contributed by atoms with van der Waals surface area (Å²) in [6.07, 6.45) is 7.89. The molecular formula is C10H18O. The molecule has 0 aromatic rings. The molecule has 1 nitrogen and oxygen atoms in total. The third-order valence-corrected chi connectivity index (χ3v) is 2.77. The van der Waals surface area contributed by atoms with E-state index in [4.69, 9.17) is 5.11 Å². The molecular weight excluding hydrogens is 136 g/mol. The molecule has 1 atom stereocenters. The van der Waals surface area contributed by atoms with Gasteiger partial charge in [0, 0.05) is 6.61 Å². The minimum absolute atomic E-state index is 0.318. The zero-order chi connectivity index (χ0) is 8.32. The molecule has 0 aromatic carbocycles. The maximum atomic E-state index is 8.82.